The molecule has 0 radical (unpaired) electrons. The highest BCUT2D eigenvalue weighted by Gasteiger charge is 2.34. The molecule has 26 heavy (non-hydrogen) atoms. The van der Waals surface area contributed by atoms with Gasteiger partial charge in [-0.05, 0) is 29.8 Å². The molecule has 0 aliphatic rings. The van der Waals surface area contributed by atoms with Gasteiger partial charge in [0.25, 0.3) is 11.8 Å². The first-order valence-electron chi connectivity index (χ1n) is 7.29. The van der Waals surface area contributed by atoms with E-state index in [0.717, 1.165) is 22.2 Å². The zero-order valence-electron chi connectivity index (χ0n) is 13.2. The Morgan fingerprint density at radius 1 is 1.08 bits per heavy atom. The number of carbonyl (C=O) groups excluding carboxylic acids is 2. The summed E-state index contributed by atoms with van der Waals surface area (Å²) in [6, 6.07) is 11.4. The quantitative estimate of drug-likeness (QED) is 0.567. The van der Waals surface area contributed by atoms with E-state index in [4.69, 9.17) is 0 Å². The highest BCUT2D eigenvalue weighted by Crippen LogP contribution is 2.31. The SMILES string of the molecule is O=C(CNC(=O)c1ccccc1C(F)(F)F)N/N=C\c1ccc(Br)cc1. The number of halogens is 4. The molecule has 0 aliphatic heterocycles. The molecule has 2 rings (SSSR count). The number of nitrogens with one attached hydrogen (secondary N) is 2. The van der Waals surface area contributed by atoms with E-state index in [0.29, 0.717) is 0 Å². The second-order valence-corrected chi connectivity index (χ2v) is 5.99. The van der Waals surface area contributed by atoms with Crippen molar-refractivity contribution in [1.82, 2.24) is 10.7 Å². The molecule has 0 atom stereocenters. The fraction of sp³-hybridized carbons (Fsp3) is 0.118. The number of nitrogens with zero attached hydrogens (tertiary/aromatic N) is 1. The standard InChI is InChI=1S/C17H13BrF3N3O2/c18-12-7-5-11(6-8-12)9-23-24-15(25)10-22-16(26)13-3-1-2-4-14(13)17(19,20)21/h1-9H,10H2,(H,22,26)(H,24,25)/b23-9-. The van der Waals surface area contributed by atoms with Crippen LogP contribution in [0.3, 0.4) is 0 Å². The van der Waals surface area contributed by atoms with E-state index in [9.17, 15) is 22.8 Å². The molecule has 0 bridgehead atoms. The zero-order chi connectivity index (χ0) is 19.2. The molecule has 9 heteroatoms. The molecule has 0 spiro atoms. The van der Waals surface area contributed by atoms with E-state index >= 15 is 0 Å². The van der Waals surface area contributed by atoms with Crippen molar-refractivity contribution in [3.8, 4) is 0 Å². The summed E-state index contributed by atoms with van der Waals surface area (Å²) in [5.74, 6) is -1.67. The minimum absolute atomic E-state index is 0.511. The van der Waals surface area contributed by atoms with E-state index < -0.39 is 35.7 Å². The lowest BCUT2D eigenvalue weighted by atomic mass is 10.1. The van der Waals surface area contributed by atoms with Crippen molar-refractivity contribution in [3.05, 3.63) is 69.7 Å². The topological polar surface area (TPSA) is 70.6 Å². The number of hydrogen-bond acceptors (Lipinski definition) is 3. The van der Waals surface area contributed by atoms with Crippen LogP contribution in [0.5, 0.6) is 0 Å². The predicted octanol–water partition coefficient (Wildman–Crippen LogP) is 3.35. The summed E-state index contributed by atoms with van der Waals surface area (Å²) in [6.45, 7) is -0.511. The van der Waals surface area contributed by atoms with Gasteiger partial charge >= 0.3 is 6.18 Å². The van der Waals surface area contributed by atoms with Crippen LogP contribution in [0.2, 0.25) is 0 Å². The summed E-state index contributed by atoms with van der Waals surface area (Å²) < 4.78 is 39.5. The Bertz CT molecular complexity index is 821. The first-order chi connectivity index (χ1) is 12.3. The van der Waals surface area contributed by atoms with Crippen LogP contribution >= 0.6 is 15.9 Å². The minimum atomic E-state index is -4.66. The van der Waals surface area contributed by atoms with E-state index in [-0.39, 0.29) is 0 Å². The van der Waals surface area contributed by atoms with Crippen LogP contribution < -0.4 is 10.7 Å². The Balaban J connectivity index is 1.89. The molecule has 0 aromatic heterocycles. The van der Waals surface area contributed by atoms with Crippen molar-refractivity contribution < 1.29 is 22.8 Å². The van der Waals surface area contributed by atoms with E-state index in [2.05, 4.69) is 31.8 Å². The van der Waals surface area contributed by atoms with Gasteiger partial charge in [-0.3, -0.25) is 9.59 Å². The van der Waals surface area contributed by atoms with Gasteiger partial charge in [-0.2, -0.15) is 18.3 Å². The normalized spacial score (nSPS) is 11.4. The van der Waals surface area contributed by atoms with E-state index in [1.54, 1.807) is 24.3 Å². The maximum Gasteiger partial charge on any atom is 0.417 e. The molecule has 0 heterocycles. The summed E-state index contributed by atoms with van der Waals surface area (Å²) >= 11 is 3.28. The van der Waals surface area contributed by atoms with E-state index in [1.807, 2.05) is 0 Å². The third kappa shape index (κ3) is 5.69. The minimum Gasteiger partial charge on any atom is -0.343 e. The van der Waals surface area contributed by atoms with Gasteiger partial charge in [0, 0.05) is 4.47 Å². The van der Waals surface area contributed by atoms with Gasteiger partial charge in [-0.25, -0.2) is 5.43 Å². The summed E-state index contributed by atoms with van der Waals surface area (Å²) in [5.41, 5.74) is 1.30. The molecule has 0 saturated carbocycles. The molecule has 0 aliphatic carbocycles. The van der Waals surface area contributed by atoms with Crippen LogP contribution in [-0.4, -0.2) is 24.6 Å². The molecule has 0 fully saturated rings. The number of alkyl halides is 3. The van der Waals surface area contributed by atoms with Crippen molar-refractivity contribution in [1.29, 1.82) is 0 Å². The molecule has 2 amide bonds. The molecule has 0 unspecified atom stereocenters. The molecular formula is C17H13BrF3N3O2. The number of rotatable bonds is 5. The monoisotopic (exact) mass is 427 g/mol. The summed E-state index contributed by atoms with van der Waals surface area (Å²) in [7, 11) is 0. The maximum atomic E-state index is 12.9. The van der Waals surface area contributed by atoms with Crippen molar-refractivity contribution >= 4 is 34.0 Å². The molecule has 136 valence electrons. The molecule has 5 nitrogen and oxygen atoms in total. The van der Waals surface area contributed by atoms with Gasteiger partial charge in [0.2, 0.25) is 0 Å². The fourth-order valence-corrected chi connectivity index (χ4v) is 2.22. The summed E-state index contributed by atoms with van der Waals surface area (Å²) in [6.07, 6.45) is -3.27. The fourth-order valence-electron chi connectivity index (χ4n) is 1.95. The van der Waals surface area contributed by atoms with Crippen LogP contribution in [-0.2, 0) is 11.0 Å². The van der Waals surface area contributed by atoms with Crippen LogP contribution in [0.4, 0.5) is 13.2 Å². The molecule has 0 saturated heterocycles. The predicted molar refractivity (Wildman–Crippen MR) is 93.7 cm³/mol. The van der Waals surface area contributed by atoms with Gasteiger partial charge in [0.1, 0.15) is 0 Å². The maximum absolute atomic E-state index is 12.9. The number of amides is 2. The first-order valence-corrected chi connectivity index (χ1v) is 8.08. The number of carbonyl (C=O) groups is 2. The molecule has 2 N–H and O–H groups in total. The summed E-state index contributed by atoms with van der Waals surface area (Å²) in [5, 5.41) is 5.84. The van der Waals surface area contributed by atoms with Gasteiger partial charge < -0.3 is 5.32 Å². The summed E-state index contributed by atoms with van der Waals surface area (Å²) in [4.78, 5) is 23.5. The van der Waals surface area contributed by atoms with Crippen molar-refractivity contribution in [3.63, 3.8) is 0 Å². The Kier molecular flexibility index (Phi) is 6.51. The Labute approximate surface area is 155 Å². The molecule has 2 aromatic carbocycles. The van der Waals surface area contributed by atoms with Crippen molar-refractivity contribution in [2.75, 3.05) is 6.54 Å². The highest BCUT2D eigenvalue weighted by molar-refractivity contribution is 9.10. The zero-order valence-corrected chi connectivity index (χ0v) is 14.8. The third-order valence-electron chi connectivity index (χ3n) is 3.16. The number of hydrogen-bond donors (Lipinski definition) is 2. The van der Waals surface area contributed by atoms with Crippen molar-refractivity contribution in [2.45, 2.75) is 6.18 Å². The Morgan fingerprint density at radius 2 is 1.73 bits per heavy atom. The van der Waals surface area contributed by atoms with Crippen LogP contribution in [0, 0.1) is 0 Å². The van der Waals surface area contributed by atoms with Crippen LogP contribution in [0.15, 0.2) is 58.1 Å². The number of hydrazone groups is 1. The van der Waals surface area contributed by atoms with Gasteiger partial charge in [-0.15, -0.1) is 0 Å². The first kappa shape index (κ1) is 19.6. The van der Waals surface area contributed by atoms with E-state index in [1.165, 1.54) is 18.3 Å². The molecule has 2 aromatic rings. The third-order valence-corrected chi connectivity index (χ3v) is 3.69. The number of benzene rings is 2. The second kappa shape index (κ2) is 8.61. The van der Waals surface area contributed by atoms with Crippen LogP contribution in [0.1, 0.15) is 21.5 Å². The van der Waals surface area contributed by atoms with Crippen LogP contribution in [0.25, 0.3) is 0 Å². The Morgan fingerprint density at radius 3 is 2.38 bits per heavy atom. The lowest BCUT2D eigenvalue weighted by Crippen LogP contribution is -2.35. The van der Waals surface area contributed by atoms with Gasteiger partial charge in [0.15, 0.2) is 0 Å². The van der Waals surface area contributed by atoms with Gasteiger partial charge in [0.05, 0.1) is 23.9 Å². The Hall–Kier alpha value is -2.68. The largest absolute Gasteiger partial charge is 0.417 e. The second-order valence-electron chi connectivity index (χ2n) is 5.07. The lowest BCUT2D eigenvalue weighted by molar-refractivity contribution is -0.137. The smallest absolute Gasteiger partial charge is 0.343 e. The average Bonchev–Trinajstić information content (AvgIpc) is 2.60. The lowest BCUT2D eigenvalue weighted by Gasteiger charge is -2.12. The average molecular weight is 428 g/mol. The van der Waals surface area contributed by atoms with Crippen molar-refractivity contribution in [2.24, 2.45) is 5.10 Å². The molecular weight excluding hydrogens is 415 g/mol. The highest BCUT2D eigenvalue weighted by atomic mass is 79.9. The van der Waals surface area contributed by atoms with Gasteiger partial charge in [-0.1, -0.05) is 40.2 Å².